The van der Waals surface area contributed by atoms with Crippen molar-refractivity contribution in [2.24, 2.45) is 0 Å². The predicted octanol–water partition coefficient (Wildman–Crippen LogP) is -0.716. The van der Waals surface area contributed by atoms with Gasteiger partial charge in [-0.3, -0.25) is 0 Å². The van der Waals surface area contributed by atoms with Crippen LogP contribution in [0, 0.1) is 0 Å². The second kappa shape index (κ2) is 5.86. The third-order valence-electron chi connectivity index (χ3n) is 1.12. The van der Waals surface area contributed by atoms with E-state index in [0.717, 1.165) is 3.92 Å². The molecule has 0 fully saturated rings. The summed E-state index contributed by atoms with van der Waals surface area (Å²) in [4.78, 5) is 0. The molecule has 0 saturated carbocycles. The number of alkyl halides is 2. The SMILES string of the molecule is CCC[I-]C(C)CC. The van der Waals surface area contributed by atoms with Gasteiger partial charge in [-0.05, 0) is 0 Å². The minimum atomic E-state index is 0.562. The molecule has 1 unspecified atom stereocenters. The Bertz CT molecular complexity index is 43.7. The van der Waals surface area contributed by atoms with Crippen LogP contribution in [0.5, 0.6) is 0 Å². The summed E-state index contributed by atoms with van der Waals surface area (Å²) in [6.07, 6.45) is 2.80. The average Bonchev–Trinajstić information content (AvgIpc) is 1.83. The summed E-state index contributed by atoms with van der Waals surface area (Å²) < 4.78 is 2.59. The molecule has 0 bridgehead atoms. The standard InChI is InChI=1S/C7H16I/c1-4-6-8-7(3)5-2/h7H,4-6H2,1-3H3/q-1. The first-order valence-corrected chi connectivity index (χ1v) is 6.16. The maximum atomic E-state index is 2.38. The molecule has 8 heavy (non-hydrogen) atoms. The van der Waals surface area contributed by atoms with E-state index in [0.29, 0.717) is 21.2 Å². The maximum absolute atomic E-state index is 2.38. The molecule has 0 aliphatic carbocycles. The molecule has 0 amide bonds. The van der Waals surface area contributed by atoms with E-state index in [2.05, 4.69) is 20.8 Å². The van der Waals surface area contributed by atoms with E-state index in [1.54, 1.807) is 0 Å². The summed E-state index contributed by atoms with van der Waals surface area (Å²) in [6.45, 7) is 6.95. The van der Waals surface area contributed by atoms with Gasteiger partial charge in [0.15, 0.2) is 0 Å². The summed E-state index contributed by atoms with van der Waals surface area (Å²) in [7, 11) is 0. The molecule has 0 rings (SSSR count). The summed E-state index contributed by atoms with van der Waals surface area (Å²) in [5.41, 5.74) is 0. The number of hydrogen-bond acceptors (Lipinski definition) is 0. The van der Waals surface area contributed by atoms with Gasteiger partial charge in [-0.2, -0.15) is 0 Å². The monoisotopic (exact) mass is 227 g/mol. The zero-order chi connectivity index (χ0) is 6.41. The first kappa shape index (κ1) is 8.73. The van der Waals surface area contributed by atoms with Crippen molar-refractivity contribution in [3.63, 3.8) is 0 Å². The predicted molar refractivity (Wildman–Crippen MR) is 34.9 cm³/mol. The zero-order valence-corrected chi connectivity index (χ0v) is 8.23. The third-order valence-corrected chi connectivity index (χ3v) is 5.21. The van der Waals surface area contributed by atoms with E-state index in [-0.39, 0.29) is 0 Å². The van der Waals surface area contributed by atoms with Crippen molar-refractivity contribution in [3.8, 4) is 0 Å². The quantitative estimate of drug-likeness (QED) is 0.439. The van der Waals surface area contributed by atoms with Gasteiger partial charge in [-0.15, -0.1) is 0 Å². The molecule has 0 aromatic rings. The fourth-order valence-corrected chi connectivity index (χ4v) is 2.71. The van der Waals surface area contributed by atoms with E-state index in [4.69, 9.17) is 0 Å². The average molecular weight is 227 g/mol. The van der Waals surface area contributed by atoms with Crippen LogP contribution in [0.2, 0.25) is 0 Å². The molecule has 0 heterocycles. The Morgan fingerprint density at radius 3 is 2.38 bits per heavy atom. The molecular formula is C7H16I-. The van der Waals surface area contributed by atoms with Crippen LogP contribution in [-0.4, -0.2) is 8.35 Å². The fraction of sp³-hybridized carbons (Fsp3) is 1.00. The molecular weight excluding hydrogens is 211 g/mol. The van der Waals surface area contributed by atoms with Crippen molar-refractivity contribution < 1.29 is 21.2 Å². The molecule has 0 nitrogen and oxygen atoms in total. The van der Waals surface area contributed by atoms with Crippen molar-refractivity contribution >= 4 is 0 Å². The summed E-state index contributed by atoms with van der Waals surface area (Å²) in [6, 6.07) is 0. The number of hydrogen-bond donors (Lipinski definition) is 0. The van der Waals surface area contributed by atoms with E-state index in [1.165, 1.54) is 17.3 Å². The molecule has 1 atom stereocenters. The Morgan fingerprint density at radius 1 is 1.38 bits per heavy atom. The zero-order valence-electron chi connectivity index (χ0n) is 6.08. The molecule has 0 aromatic heterocycles. The van der Waals surface area contributed by atoms with E-state index in [9.17, 15) is 0 Å². The van der Waals surface area contributed by atoms with Crippen LogP contribution < -0.4 is 21.2 Å². The molecule has 0 saturated heterocycles. The topological polar surface area (TPSA) is 0 Å². The van der Waals surface area contributed by atoms with Crippen molar-refractivity contribution in [1.29, 1.82) is 0 Å². The summed E-state index contributed by atoms with van der Waals surface area (Å²) >= 11 is 0.562. The van der Waals surface area contributed by atoms with Crippen molar-refractivity contribution in [2.75, 3.05) is 4.43 Å². The van der Waals surface area contributed by atoms with E-state index >= 15 is 0 Å². The van der Waals surface area contributed by atoms with Gasteiger partial charge in [0, 0.05) is 0 Å². The van der Waals surface area contributed by atoms with Crippen LogP contribution in [0.25, 0.3) is 0 Å². The molecule has 0 radical (unpaired) electrons. The van der Waals surface area contributed by atoms with Crippen molar-refractivity contribution in [3.05, 3.63) is 0 Å². The molecule has 0 aliphatic heterocycles. The Morgan fingerprint density at radius 2 is 2.00 bits per heavy atom. The van der Waals surface area contributed by atoms with Crippen LogP contribution in [0.15, 0.2) is 0 Å². The normalized spacial score (nSPS) is 14.4. The van der Waals surface area contributed by atoms with E-state index < -0.39 is 0 Å². The summed E-state index contributed by atoms with van der Waals surface area (Å²) in [5.74, 6) is 0. The van der Waals surface area contributed by atoms with Gasteiger partial charge in [0.25, 0.3) is 0 Å². The van der Waals surface area contributed by atoms with Gasteiger partial charge in [-0.25, -0.2) is 0 Å². The van der Waals surface area contributed by atoms with Crippen LogP contribution in [0.1, 0.15) is 33.6 Å². The van der Waals surface area contributed by atoms with Crippen molar-refractivity contribution in [2.45, 2.75) is 37.5 Å². The molecule has 0 N–H and O–H groups in total. The van der Waals surface area contributed by atoms with E-state index in [1.807, 2.05) is 0 Å². The molecule has 52 valence electrons. The Kier molecular flexibility index (Phi) is 6.39. The Hall–Kier alpha value is 0.730. The van der Waals surface area contributed by atoms with Crippen LogP contribution in [0.3, 0.4) is 0 Å². The van der Waals surface area contributed by atoms with Crippen LogP contribution >= 0.6 is 0 Å². The minimum absolute atomic E-state index is 0.562. The van der Waals surface area contributed by atoms with Gasteiger partial charge in [0.1, 0.15) is 0 Å². The van der Waals surface area contributed by atoms with Gasteiger partial charge in [0.2, 0.25) is 0 Å². The molecule has 0 spiro atoms. The first-order valence-electron chi connectivity index (χ1n) is 3.39. The van der Waals surface area contributed by atoms with Gasteiger partial charge < -0.3 is 0 Å². The van der Waals surface area contributed by atoms with Gasteiger partial charge >= 0.3 is 63.2 Å². The molecule has 0 aliphatic rings. The third kappa shape index (κ3) is 4.88. The fourth-order valence-electron chi connectivity index (χ4n) is 0.404. The van der Waals surface area contributed by atoms with Crippen LogP contribution in [0.4, 0.5) is 0 Å². The second-order valence-corrected chi connectivity index (χ2v) is 6.12. The van der Waals surface area contributed by atoms with Crippen molar-refractivity contribution in [1.82, 2.24) is 0 Å². The number of rotatable bonds is 4. The van der Waals surface area contributed by atoms with Gasteiger partial charge in [-0.1, -0.05) is 0 Å². The second-order valence-electron chi connectivity index (χ2n) is 2.03. The Balaban J connectivity index is 2.86. The number of halogens is 1. The molecule has 1 heteroatoms. The first-order chi connectivity index (χ1) is 3.81. The van der Waals surface area contributed by atoms with Gasteiger partial charge in [0.05, 0.1) is 0 Å². The Labute approximate surface area is 63.3 Å². The van der Waals surface area contributed by atoms with Crippen LogP contribution in [-0.2, 0) is 0 Å². The summed E-state index contributed by atoms with van der Waals surface area (Å²) in [5, 5.41) is 0. The molecule has 0 aromatic carbocycles.